The highest BCUT2D eigenvalue weighted by molar-refractivity contribution is 7.08. The summed E-state index contributed by atoms with van der Waals surface area (Å²) >= 11 is 3.35. The Bertz CT molecular complexity index is 328. The van der Waals surface area contributed by atoms with Crippen molar-refractivity contribution >= 4 is 22.7 Å². The zero-order chi connectivity index (χ0) is 9.97. The van der Waals surface area contributed by atoms with Gasteiger partial charge >= 0.3 is 0 Å². The molecule has 0 spiro atoms. The molecule has 1 N–H and O–H groups in total. The molecule has 0 saturated heterocycles. The van der Waals surface area contributed by atoms with Crippen LogP contribution in [-0.2, 0) is 0 Å². The summed E-state index contributed by atoms with van der Waals surface area (Å²) in [4.78, 5) is 0. The third-order valence-electron chi connectivity index (χ3n) is 2.29. The topological polar surface area (TPSA) is 20.2 Å². The molecule has 0 unspecified atom stereocenters. The molecule has 0 radical (unpaired) electrons. The lowest BCUT2D eigenvalue weighted by atomic mass is 9.91. The largest absolute Gasteiger partial charge is 0.392 e. The van der Waals surface area contributed by atoms with Crippen molar-refractivity contribution in [2.24, 2.45) is 0 Å². The highest BCUT2D eigenvalue weighted by Gasteiger charge is 2.19. The first-order valence-corrected chi connectivity index (χ1v) is 6.40. The molecule has 2 rings (SSSR count). The van der Waals surface area contributed by atoms with E-state index in [0.717, 1.165) is 0 Å². The molecular formula is C11H12OS2. The van der Waals surface area contributed by atoms with Gasteiger partial charge in [0.1, 0.15) is 0 Å². The number of hydrogen-bond acceptors (Lipinski definition) is 3. The Morgan fingerprint density at radius 3 is 1.86 bits per heavy atom. The van der Waals surface area contributed by atoms with Gasteiger partial charge in [-0.05, 0) is 51.7 Å². The van der Waals surface area contributed by atoms with Gasteiger partial charge in [0.25, 0.3) is 0 Å². The fourth-order valence-electron chi connectivity index (χ4n) is 1.65. The maximum atomic E-state index is 9.76. The lowest BCUT2D eigenvalue weighted by molar-refractivity contribution is 0.176. The summed E-state index contributed by atoms with van der Waals surface area (Å²) in [5.74, 6) is 0.132. The molecule has 2 heterocycles. The van der Waals surface area contributed by atoms with E-state index < -0.39 is 0 Å². The van der Waals surface area contributed by atoms with Crippen LogP contribution in [0.2, 0.25) is 0 Å². The van der Waals surface area contributed by atoms with E-state index in [4.69, 9.17) is 0 Å². The number of thiophene rings is 2. The second-order valence-electron chi connectivity index (χ2n) is 3.33. The highest BCUT2D eigenvalue weighted by atomic mass is 32.1. The van der Waals surface area contributed by atoms with Crippen LogP contribution in [0.1, 0.15) is 24.0 Å². The molecule has 0 aliphatic rings. The summed E-state index contributed by atoms with van der Waals surface area (Å²) in [5.41, 5.74) is 2.42. The van der Waals surface area contributed by atoms with Gasteiger partial charge in [-0.15, -0.1) is 0 Å². The molecule has 2 aromatic heterocycles. The zero-order valence-corrected chi connectivity index (χ0v) is 9.52. The molecule has 0 aromatic carbocycles. The highest BCUT2D eigenvalue weighted by Crippen LogP contribution is 2.30. The van der Waals surface area contributed by atoms with Crippen LogP contribution in [0.15, 0.2) is 33.7 Å². The van der Waals surface area contributed by atoms with Gasteiger partial charge in [-0.3, -0.25) is 0 Å². The normalized spacial score (nSPS) is 13.4. The van der Waals surface area contributed by atoms with Crippen molar-refractivity contribution in [2.45, 2.75) is 18.9 Å². The first-order valence-electron chi connectivity index (χ1n) is 4.51. The van der Waals surface area contributed by atoms with Crippen molar-refractivity contribution in [3.8, 4) is 0 Å². The minimum atomic E-state index is -0.334. The van der Waals surface area contributed by atoms with Crippen LogP contribution < -0.4 is 0 Å². The van der Waals surface area contributed by atoms with E-state index >= 15 is 0 Å². The van der Waals surface area contributed by atoms with Crippen LogP contribution in [0, 0.1) is 0 Å². The second kappa shape index (κ2) is 4.26. The van der Waals surface area contributed by atoms with Gasteiger partial charge in [0.05, 0.1) is 6.10 Å². The van der Waals surface area contributed by atoms with E-state index in [1.165, 1.54) is 11.1 Å². The monoisotopic (exact) mass is 224 g/mol. The smallest absolute Gasteiger partial charge is 0.0621 e. The molecule has 74 valence electrons. The van der Waals surface area contributed by atoms with Crippen LogP contribution in [0.4, 0.5) is 0 Å². The minimum absolute atomic E-state index is 0.132. The average molecular weight is 224 g/mol. The fourth-order valence-corrected chi connectivity index (χ4v) is 3.05. The summed E-state index contributed by atoms with van der Waals surface area (Å²) in [6.45, 7) is 1.85. The summed E-state index contributed by atoms with van der Waals surface area (Å²) in [6, 6.07) is 4.17. The first kappa shape index (κ1) is 9.90. The molecule has 0 saturated carbocycles. The standard InChI is InChI=1S/C11H12OS2/c1-8(12)11(9-2-4-13-6-9)10-3-5-14-7-10/h2-8,11-12H,1H3/t8-/m0/s1. The van der Waals surface area contributed by atoms with Crippen molar-refractivity contribution < 1.29 is 5.11 Å². The summed E-state index contributed by atoms with van der Waals surface area (Å²) in [6.07, 6.45) is -0.334. The molecule has 2 aromatic rings. The van der Waals surface area contributed by atoms with E-state index in [-0.39, 0.29) is 12.0 Å². The molecule has 0 aliphatic heterocycles. The van der Waals surface area contributed by atoms with Gasteiger partial charge in [-0.2, -0.15) is 22.7 Å². The maximum Gasteiger partial charge on any atom is 0.0621 e. The van der Waals surface area contributed by atoms with E-state index in [1.807, 2.05) is 6.92 Å². The fraction of sp³-hybridized carbons (Fsp3) is 0.273. The molecule has 1 atom stereocenters. The van der Waals surface area contributed by atoms with E-state index in [0.29, 0.717) is 0 Å². The van der Waals surface area contributed by atoms with E-state index in [2.05, 4.69) is 33.7 Å². The zero-order valence-electron chi connectivity index (χ0n) is 7.88. The predicted molar refractivity (Wildman–Crippen MR) is 62.2 cm³/mol. The first-order chi connectivity index (χ1) is 6.79. The Labute approximate surface area is 91.7 Å². The minimum Gasteiger partial charge on any atom is -0.392 e. The lowest BCUT2D eigenvalue weighted by Gasteiger charge is -2.17. The van der Waals surface area contributed by atoms with Gasteiger partial charge < -0.3 is 5.11 Å². The molecule has 3 heteroatoms. The summed E-state index contributed by atoms with van der Waals surface area (Å²) in [7, 11) is 0. The Hall–Kier alpha value is -0.640. The Morgan fingerprint density at radius 1 is 1.07 bits per heavy atom. The van der Waals surface area contributed by atoms with Gasteiger partial charge in [-0.1, -0.05) is 0 Å². The number of rotatable bonds is 3. The molecule has 0 aliphatic carbocycles. The number of hydrogen-bond donors (Lipinski definition) is 1. The van der Waals surface area contributed by atoms with Crippen LogP contribution in [0.3, 0.4) is 0 Å². The van der Waals surface area contributed by atoms with Crippen molar-refractivity contribution in [1.82, 2.24) is 0 Å². The van der Waals surface area contributed by atoms with E-state index in [9.17, 15) is 5.11 Å². The van der Waals surface area contributed by atoms with Crippen LogP contribution in [-0.4, -0.2) is 11.2 Å². The van der Waals surface area contributed by atoms with Gasteiger partial charge in [0.15, 0.2) is 0 Å². The Morgan fingerprint density at radius 2 is 1.57 bits per heavy atom. The van der Waals surface area contributed by atoms with Crippen LogP contribution in [0.25, 0.3) is 0 Å². The molecule has 0 amide bonds. The summed E-state index contributed by atoms with van der Waals surface area (Å²) < 4.78 is 0. The van der Waals surface area contributed by atoms with Gasteiger partial charge in [-0.25, -0.2) is 0 Å². The maximum absolute atomic E-state index is 9.76. The second-order valence-corrected chi connectivity index (χ2v) is 4.89. The molecule has 0 bridgehead atoms. The molecular weight excluding hydrogens is 212 g/mol. The quantitative estimate of drug-likeness (QED) is 0.848. The van der Waals surface area contributed by atoms with Crippen molar-refractivity contribution in [2.75, 3.05) is 0 Å². The van der Waals surface area contributed by atoms with Gasteiger partial charge in [0.2, 0.25) is 0 Å². The predicted octanol–water partition coefficient (Wildman–Crippen LogP) is 3.32. The lowest BCUT2D eigenvalue weighted by Crippen LogP contribution is -2.14. The third kappa shape index (κ3) is 1.90. The van der Waals surface area contributed by atoms with Gasteiger partial charge in [0, 0.05) is 5.92 Å². The average Bonchev–Trinajstić information content (AvgIpc) is 2.75. The SMILES string of the molecule is C[C@H](O)C(c1ccsc1)c1ccsc1. The van der Waals surface area contributed by atoms with E-state index in [1.54, 1.807) is 22.7 Å². The Balaban J connectivity index is 2.35. The number of aliphatic hydroxyl groups is 1. The van der Waals surface area contributed by atoms with Crippen LogP contribution >= 0.6 is 22.7 Å². The third-order valence-corrected chi connectivity index (χ3v) is 3.69. The molecule has 1 nitrogen and oxygen atoms in total. The number of aliphatic hydroxyl groups excluding tert-OH is 1. The van der Waals surface area contributed by atoms with Crippen molar-refractivity contribution in [3.05, 3.63) is 44.8 Å². The Kier molecular flexibility index (Phi) is 3.01. The molecule has 0 fully saturated rings. The van der Waals surface area contributed by atoms with Crippen LogP contribution in [0.5, 0.6) is 0 Å². The summed E-state index contributed by atoms with van der Waals surface area (Å²) in [5, 5.41) is 18.1. The van der Waals surface area contributed by atoms with Crippen molar-refractivity contribution in [1.29, 1.82) is 0 Å². The van der Waals surface area contributed by atoms with Crippen molar-refractivity contribution in [3.63, 3.8) is 0 Å². The molecule has 14 heavy (non-hydrogen) atoms.